The third kappa shape index (κ3) is 2.22. The Morgan fingerprint density at radius 2 is 2.00 bits per heavy atom. The minimum absolute atomic E-state index is 0.168. The van der Waals surface area contributed by atoms with E-state index in [2.05, 4.69) is 30.1 Å². The lowest BCUT2D eigenvalue weighted by Crippen LogP contribution is -2.60. The van der Waals surface area contributed by atoms with E-state index >= 15 is 0 Å². The predicted molar refractivity (Wildman–Crippen MR) is 62.1 cm³/mol. The Hall–Kier alpha value is -0.630. The zero-order valence-electron chi connectivity index (χ0n) is 10.3. The van der Waals surface area contributed by atoms with Crippen molar-refractivity contribution >= 4 is 0 Å². The molecule has 0 aromatic rings. The SMILES string of the molecule is CC1(C)CC(C#N)(N2CCNCC2)CCO1. The zero-order valence-corrected chi connectivity index (χ0v) is 10.3. The highest BCUT2D eigenvalue weighted by atomic mass is 16.5. The predicted octanol–water partition coefficient (Wildman–Crippen LogP) is 0.743. The number of nitrogens with one attached hydrogen (secondary N) is 1. The van der Waals surface area contributed by atoms with E-state index in [9.17, 15) is 5.26 Å². The molecule has 0 amide bonds. The van der Waals surface area contributed by atoms with Gasteiger partial charge in [0.15, 0.2) is 0 Å². The summed E-state index contributed by atoms with van der Waals surface area (Å²) < 4.78 is 5.72. The highest BCUT2D eigenvalue weighted by molar-refractivity contribution is 5.13. The molecule has 0 aromatic carbocycles. The van der Waals surface area contributed by atoms with E-state index in [0.717, 1.165) is 39.0 Å². The maximum Gasteiger partial charge on any atom is 0.114 e. The fourth-order valence-electron chi connectivity index (χ4n) is 2.87. The molecule has 1 atom stereocenters. The van der Waals surface area contributed by atoms with Crippen molar-refractivity contribution in [2.45, 2.75) is 37.8 Å². The van der Waals surface area contributed by atoms with E-state index in [4.69, 9.17) is 4.74 Å². The minimum atomic E-state index is -0.302. The van der Waals surface area contributed by atoms with Gasteiger partial charge in [0.2, 0.25) is 0 Å². The molecule has 16 heavy (non-hydrogen) atoms. The Labute approximate surface area is 97.6 Å². The molecule has 4 nitrogen and oxygen atoms in total. The second-order valence-electron chi connectivity index (χ2n) is 5.42. The minimum Gasteiger partial charge on any atom is -0.375 e. The van der Waals surface area contributed by atoms with Crippen LogP contribution in [0.1, 0.15) is 26.7 Å². The molecule has 0 aliphatic carbocycles. The molecule has 2 aliphatic rings. The van der Waals surface area contributed by atoms with Crippen LogP contribution in [0, 0.1) is 11.3 Å². The number of hydrogen-bond acceptors (Lipinski definition) is 4. The number of hydrogen-bond donors (Lipinski definition) is 1. The molecule has 0 spiro atoms. The first-order chi connectivity index (χ1) is 7.58. The van der Waals surface area contributed by atoms with Crippen molar-refractivity contribution in [3.8, 4) is 6.07 Å². The summed E-state index contributed by atoms with van der Waals surface area (Å²) in [5.41, 5.74) is -0.470. The van der Waals surface area contributed by atoms with Crippen LogP contribution in [0.25, 0.3) is 0 Å². The van der Waals surface area contributed by atoms with Gasteiger partial charge in [-0.2, -0.15) is 5.26 Å². The summed E-state index contributed by atoms with van der Waals surface area (Å²) in [5.74, 6) is 0. The van der Waals surface area contributed by atoms with Crippen LogP contribution < -0.4 is 5.32 Å². The van der Waals surface area contributed by atoms with Crippen molar-refractivity contribution in [1.29, 1.82) is 5.26 Å². The summed E-state index contributed by atoms with van der Waals surface area (Å²) in [6, 6.07) is 2.56. The number of piperazine rings is 1. The highest BCUT2D eigenvalue weighted by Crippen LogP contribution is 2.36. The van der Waals surface area contributed by atoms with Gasteiger partial charge in [-0.3, -0.25) is 4.90 Å². The molecular weight excluding hydrogens is 202 g/mol. The molecule has 0 radical (unpaired) electrons. The van der Waals surface area contributed by atoms with Gasteiger partial charge in [-0.25, -0.2) is 0 Å². The highest BCUT2D eigenvalue weighted by Gasteiger charge is 2.45. The van der Waals surface area contributed by atoms with Crippen molar-refractivity contribution in [3.05, 3.63) is 0 Å². The topological polar surface area (TPSA) is 48.3 Å². The third-order valence-electron chi connectivity index (χ3n) is 3.66. The molecule has 2 rings (SSSR count). The molecule has 2 heterocycles. The van der Waals surface area contributed by atoms with Gasteiger partial charge < -0.3 is 10.1 Å². The monoisotopic (exact) mass is 223 g/mol. The van der Waals surface area contributed by atoms with Crippen LogP contribution in [0.15, 0.2) is 0 Å². The molecule has 90 valence electrons. The lowest BCUT2D eigenvalue weighted by molar-refractivity contribution is -0.105. The van der Waals surface area contributed by atoms with Gasteiger partial charge in [-0.05, 0) is 13.8 Å². The van der Waals surface area contributed by atoms with Crippen molar-refractivity contribution in [2.24, 2.45) is 0 Å². The van der Waals surface area contributed by atoms with E-state index in [0.29, 0.717) is 6.61 Å². The lowest BCUT2D eigenvalue weighted by atomic mass is 9.80. The Morgan fingerprint density at radius 3 is 2.56 bits per heavy atom. The maximum atomic E-state index is 9.56. The summed E-state index contributed by atoms with van der Waals surface area (Å²) in [6.45, 7) is 8.80. The van der Waals surface area contributed by atoms with E-state index in [-0.39, 0.29) is 11.1 Å². The van der Waals surface area contributed by atoms with Crippen LogP contribution in [0.2, 0.25) is 0 Å². The van der Waals surface area contributed by atoms with Gasteiger partial charge in [0, 0.05) is 39.0 Å². The normalized spacial score (nSPS) is 35.6. The molecule has 0 saturated carbocycles. The van der Waals surface area contributed by atoms with Crippen molar-refractivity contribution < 1.29 is 4.74 Å². The van der Waals surface area contributed by atoms with Gasteiger partial charge in [0.25, 0.3) is 0 Å². The average Bonchev–Trinajstić information content (AvgIpc) is 2.29. The molecule has 0 aromatic heterocycles. The molecule has 2 fully saturated rings. The van der Waals surface area contributed by atoms with Crippen LogP contribution in [-0.4, -0.2) is 48.8 Å². The average molecular weight is 223 g/mol. The second kappa shape index (κ2) is 4.33. The standard InChI is InChI=1S/C12H21N3O/c1-11(2)9-12(10-13,3-8-16-11)15-6-4-14-5-7-15/h14H,3-9H2,1-2H3. The lowest BCUT2D eigenvalue weighted by Gasteiger charge is -2.48. The smallest absolute Gasteiger partial charge is 0.114 e. The van der Waals surface area contributed by atoms with Crippen LogP contribution in [0.5, 0.6) is 0 Å². The molecule has 0 bridgehead atoms. The summed E-state index contributed by atoms with van der Waals surface area (Å²) >= 11 is 0. The zero-order chi connectivity index (χ0) is 11.6. The Bertz CT molecular complexity index is 291. The molecule has 2 aliphatic heterocycles. The Balaban J connectivity index is 2.15. The van der Waals surface area contributed by atoms with Gasteiger partial charge in [0.1, 0.15) is 5.54 Å². The quantitative estimate of drug-likeness (QED) is 0.712. The molecule has 2 saturated heterocycles. The molecular formula is C12H21N3O. The van der Waals surface area contributed by atoms with Crippen molar-refractivity contribution in [1.82, 2.24) is 10.2 Å². The van der Waals surface area contributed by atoms with Crippen LogP contribution in [0.3, 0.4) is 0 Å². The van der Waals surface area contributed by atoms with E-state index in [1.165, 1.54) is 0 Å². The third-order valence-corrected chi connectivity index (χ3v) is 3.66. The largest absolute Gasteiger partial charge is 0.375 e. The van der Waals surface area contributed by atoms with Crippen LogP contribution in [0.4, 0.5) is 0 Å². The maximum absolute atomic E-state index is 9.56. The summed E-state index contributed by atoms with van der Waals surface area (Å²) in [7, 11) is 0. The number of nitriles is 1. The number of ether oxygens (including phenoxy) is 1. The Kier molecular flexibility index (Phi) is 3.20. The fraction of sp³-hybridized carbons (Fsp3) is 0.917. The van der Waals surface area contributed by atoms with E-state index in [1.54, 1.807) is 0 Å². The second-order valence-corrected chi connectivity index (χ2v) is 5.42. The van der Waals surface area contributed by atoms with E-state index in [1.807, 2.05) is 0 Å². The summed E-state index contributed by atoms with van der Waals surface area (Å²) in [4.78, 5) is 2.34. The Morgan fingerprint density at radius 1 is 1.31 bits per heavy atom. The van der Waals surface area contributed by atoms with Crippen molar-refractivity contribution in [2.75, 3.05) is 32.8 Å². The first-order valence-electron chi connectivity index (χ1n) is 6.09. The summed E-state index contributed by atoms with van der Waals surface area (Å²) in [6.07, 6.45) is 1.66. The first kappa shape index (κ1) is 11.8. The number of rotatable bonds is 1. The van der Waals surface area contributed by atoms with Crippen LogP contribution in [-0.2, 0) is 4.74 Å². The van der Waals surface area contributed by atoms with Crippen LogP contribution >= 0.6 is 0 Å². The van der Waals surface area contributed by atoms with Gasteiger partial charge in [-0.15, -0.1) is 0 Å². The van der Waals surface area contributed by atoms with Gasteiger partial charge in [-0.1, -0.05) is 0 Å². The van der Waals surface area contributed by atoms with Crippen molar-refractivity contribution in [3.63, 3.8) is 0 Å². The first-order valence-corrected chi connectivity index (χ1v) is 6.09. The van der Waals surface area contributed by atoms with Gasteiger partial charge >= 0.3 is 0 Å². The fourth-order valence-corrected chi connectivity index (χ4v) is 2.87. The molecule has 4 heteroatoms. The van der Waals surface area contributed by atoms with Gasteiger partial charge in [0.05, 0.1) is 18.3 Å². The molecule has 1 unspecified atom stereocenters. The number of nitrogens with zero attached hydrogens (tertiary/aromatic N) is 2. The van der Waals surface area contributed by atoms with E-state index < -0.39 is 0 Å². The summed E-state index contributed by atoms with van der Waals surface area (Å²) in [5, 5.41) is 12.9. The molecule has 1 N–H and O–H groups in total.